The predicted molar refractivity (Wildman–Crippen MR) is 136 cm³/mol. The first kappa shape index (κ1) is 24.0. The number of aliphatic hydroxyl groups excluding tert-OH is 1. The molecule has 0 radical (unpaired) electrons. The van der Waals surface area contributed by atoms with E-state index in [0.717, 1.165) is 28.5 Å². The lowest BCUT2D eigenvalue weighted by molar-refractivity contribution is -0.0592. The van der Waals surface area contributed by atoms with Crippen molar-refractivity contribution in [2.75, 3.05) is 0 Å². The number of rotatable bonds is 6. The summed E-state index contributed by atoms with van der Waals surface area (Å²) in [6, 6.07) is 8.84. The molecule has 3 aromatic rings. The number of benzene rings is 2. The summed E-state index contributed by atoms with van der Waals surface area (Å²) in [5.41, 5.74) is 4.28. The number of phenols is 2. The topological polar surface area (TPSA) is 83.1 Å². The minimum atomic E-state index is -0.760. The standard InChI is InChI=1S/C29H34O5/c1-17(2)7-6-12-29(5)27(31)16-23-26(34-29)15-22(21(28(23)32)11-8-18(3)4)25-13-19-9-10-20(30)14-24(19)33-25/h7-10,13-15,27,30-32H,6,11-12,16H2,1-5H3/t27-,29+/m1/s1. The number of aliphatic hydroxyl groups is 1. The van der Waals surface area contributed by atoms with Gasteiger partial charge in [0.1, 0.15) is 34.2 Å². The van der Waals surface area contributed by atoms with Gasteiger partial charge in [0.15, 0.2) is 0 Å². The largest absolute Gasteiger partial charge is 0.508 e. The summed E-state index contributed by atoms with van der Waals surface area (Å²) in [5, 5.41) is 33.0. The summed E-state index contributed by atoms with van der Waals surface area (Å²) < 4.78 is 12.5. The second kappa shape index (κ2) is 9.22. The molecule has 1 aliphatic heterocycles. The van der Waals surface area contributed by atoms with E-state index in [4.69, 9.17) is 9.15 Å². The van der Waals surface area contributed by atoms with Gasteiger partial charge in [-0.15, -0.1) is 0 Å². The first-order valence-corrected chi connectivity index (χ1v) is 11.8. The Hall–Kier alpha value is -3.18. The maximum Gasteiger partial charge on any atom is 0.138 e. The van der Waals surface area contributed by atoms with Crippen LogP contribution in [0.2, 0.25) is 0 Å². The fourth-order valence-corrected chi connectivity index (χ4v) is 4.50. The lowest BCUT2D eigenvalue weighted by atomic mass is 9.83. The molecule has 2 aromatic carbocycles. The zero-order chi connectivity index (χ0) is 24.6. The average molecular weight is 463 g/mol. The zero-order valence-corrected chi connectivity index (χ0v) is 20.6. The van der Waals surface area contributed by atoms with Gasteiger partial charge in [-0.2, -0.15) is 0 Å². The van der Waals surface area contributed by atoms with Crippen LogP contribution in [0.15, 0.2) is 58.0 Å². The molecule has 5 nitrogen and oxygen atoms in total. The van der Waals surface area contributed by atoms with Crippen molar-refractivity contribution in [3.8, 4) is 28.6 Å². The molecule has 5 heteroatoms. The normalized spacial score (nSPS) is 19.4. The smallest absolute Gasteiger partial charge is 0.138 e. The van der Waals surface area contributed by atoms with Crippen LogP contribution in [0, 0.1) is 0 Å². The molecular formula is C29H34O5. The Kier molecular flexibility index (Phi) is 6.50. The number of ether oxygens (including phenoxy) is 1. The zero-order valence-electron chi connectivity index (χ0n) is 20.6. The molecule has 3 N–H and O–H groups in total. The Morgan fingerprint density at radius 1 is 1.06 bits per heavy atom. The van der Waals surface area contributed by atoms with Crippen LogP contribution in [0.4, 0.5) is 0 Å². The summed E-state index contributed by atoms with van der Waals surface area (Å²) in [7, 11) is 0. The summed E-state index contributed by atoms with van der Waals surface area (Å²) in [4.78, 5) is 0. The molecule has 0 saturated carbocycles. The highest BCUT2D eigenvalue weighted by molar-refractivity contribution is 5.85. The number of phenolic OH excluding ortho intramolecular Hbond substituents is 2. The van der Waals surface area contributed by atoms with Gasteiger partial charge in [0.25, 0.3) is 0 Å². The first-order valence-electron chi connectivity index (χ1n) is 11.8. The molecule has 2 atom stereocenters. The van der Waals surface area contributed by atoms with Crippen molar-refractivity contribution in [1.82, 2.24) is 0 Å². The van der Waals surface area contributed by atoms with E-state index in [9.17, 15) is 15.3 Å². The SMILES string of the molecule is CC(C)=CCC[C@]1(C)Oc2cc(-c3cc4ccc(O)cc4o3)c(CC=C(C)C)c(O)c2C[C@H]1O. The third-order valence-electron chi connectivity index (χ3n) is 6.59. The van der Waals surface area contributed by atoms with Crippen LogP contribution in [0.3, 0.4) is 0 Å². The highest BCUT2D eigenvalue weighted by atomic mass is 16.5. The lowest BCUT2D eigenvalue weighted by Gasteiger charge is -2.40. The summed E-state index contributed by atoms with van der Waals surface area (Å²) >= 11 is 0. The van der Waals surface area contributed by atoms with E-state index < -0.39 is 11.7 Å². The molecule has 0 bridgehead atoms. The molecule has 0 spiro atoms. The van der Waals surface area contributed by atoms with Crippen molar-refractivity contribution in [2.45, 2.75) is 72.0 Å². The van der Waals surface area contributed by atoms with Crippen molar-refractivity contribution in [2.24, 2.45) is 0 Å². The molecule has 0 amide bonds. The number of hydrogen-bond acceptors (Lipinski definition) is 5. The Morgan fingerprint density at radius 3 is 2.50 bits per heavy atom. The third-order valence-corrected chi connectivity index (χ3v) is 6.59. The fourth-order valence-electron chi connectivity index (χ4n) is 4.50. The maximum atomic E-state index is 11.3. The molecule has 180 valence electrons. The third kappa shape index (κ3) is 4.71. The molecule has 2 heterocycles. The van der Waals surface area contributed by atoms with Crippen LogP contribution < -0.4 is 4.74 Å². The van der Waals surface area contributed by atoms with Gasteiger partial charge in [-0.3, -0.25) is 0 Å². The first-order chi connectivity index (χ1) is 16.1. The van der Waals surface area contributed by atoms with E-state index in [-0.39, 0.29) is 11.5 Å². The van der Waals surface area contributed by atoms with Crippen LogP contribution >= 0.6 is 0 Å². The molecule has 0 fully saturated rings. The van der Waals surface area contributed by atoms with Crippen molar-refractivity contribution in [1.29, 1.82) is 0 Å². The molecule has 1 aromatic heterocycles. The van der Waals surface area contributed by atoms with Gasteiger partial charge >= 0.3 is 0 Å². The van der Waals surface area contributed by atoms with E-state index in [1.807, 2.05) is 32.9 Å². The maximum absolute atomic E-state index is 11.3. The summed E-state index contributed by atoms with van der Waals surface area (Å²) in [6.07, 6.45) is 5.78. The summed E-state index contributed by atoms with van der Waals surface area (Å²) in [6.45, 7) is 10.1. The van der Waals surface area contributed by atoms with Gasteiger partial charge < -0.3 is 24.5 Å². The lowest BCUT2D eigenvalue weighted by Crippen LogP contribution is -2.49. The van der Waals surface area contributed by atoms with E-state index in [0.29, 0.717) is 41.9 Å². The van der Waals surface area contributed by atoms with E-state index in [2.05, 4.69) is 26.0 Å². The molecule has 1 aliphatic rings. The molecular weight excluding hydrogens is 428 g/mol. The Balaban J connectivity index is 1.82. The summed E-state index contributed by atoms with van der Waals surface area (Å²) in [5.74, 6) is 1.44. The van der Waals surface area contributed by atoms with Gasteiger partial charge in [-0.1, -0.05) is 23.3 Å². The van der Waals surface area contributed by atoms with Crippen LogP contribution in [0.5, 0.6) is 17.2 Å². The second-order valence-corrected chi connectivity index (χ2v) is 10.0. The van der Waals surface area contributed by atoms with Gasteiger partial charge in [0.05, 0.1) is 6.10 Å². The number of fused-ring (bicyclic) bond motifs is 2. The highest BCUT2D eigenvalue weighted by Gasteiger charge is 2.41. The second-order valence-electron chi connectivity index (χ2n) is 10.0. The van der Waals surface area contributed by atoms with Crippen molar-refractivity contribution >= 4 is 11.0 Å². The monoisotopic (exact) mass is 462 g/mol. The highest BCUT2D eigenvalue weighted by Crippen LogP contribution is 2.46. The number of furan rings is 1. The van der Waals surface area contributed by atoms with Crippen LogP contribution in [0.25, 0.3) is 22.3 Å². The Morgan fingerprint density at radius 2 is 1.79 bits per heavy atom. The van der Waals surface area contributed by atoms with Gasteiger partial charge in [-0.25, -0.2) is 0 Å². The van der Waals surface area contributed by atoms with Gasteiger partial charge in [0, 0.05) is 34.6 Å². The molecule has 34 heavy (non-hydrogen) atoms. The molecule has 0 unspecified atom stereocenters. The van der Waals surface area contributed by atoms with E-state index in [1.54, 1.807) is 18.2 Å². The number of allylic oxidation sites excluding steroid dienone is 4. The van der Waals surface area contributed by atoms with Gasteiger partial charge in [-0.05, 0) is 78.1 Å². The number of aromatic hydroxyl groups is 2. The minimum absolute atomic E-state index is 0.135. The van der Waals surface area contributed by atoms with Crippen LogP contribution in [0.1, 0.15) is 58.6 Å². The van der Waals surface area contributed by atoms with Crippen molar-refractivity contribution in [3.05, 3.63) is 64.8 Å². The van der Waals surface area contributed by atoms with Crippen molar-refractivity contribution < 1.29 is 24.5 Å². The van der Waals surface area contributed by atoms with Crippen LogP contribution in [-0.2, 0) is 12.8 Å². The predicted octanol–water partition coefficient (Wildman–Crippen LogP) is 6.82. The van der Waals surface area contributed by atoms with Gasteiger partial charge in [0.2, 0.25) is 0 Å². The van der Waals surface area contributed by atoms with E-state index in [1.165, 1.54) is 5.57 Å². The molecule has 0 saturated heterocycles. The molecule has 4 rings (SSSR count). The minimum Gasteiger partial charge on any atom is -0.508 e. The van der Waals surface area contributed by atoms with Crippen molar-refractivity contribution in [3.63, 3.8) is 0 Å². The van der Waals surface area contributed by atoms with E-state index >= 15 is 0 Å². The Labute approximate surface area is 201 Å². The quantitative estimate of drug-likeness (QED) is 0.350. The fraction of sp³-hybridized carbons (Fsp3) is 0.379. The van der Waals surface area contributed by atoms with Crippen LogP contribution in [-0.4, -0.2) is 27.0 Å². The Bertz CT molecular complexity index is 1270. The average Bonchev–Trinajstić information content (AvgIpc) is 3.17. The number of hydrogen-bond donors (Lipinski definition) is 3. The molecule has 0 aliphatic carbocycles.